The molecule has 0 saturated carbocycles. The van der Waals surface area contributed by atoms with Gasteiger partial charge in [0.15, 0.2) is 6.17 Å². The highest BCUT2D eigenvalue weighted by Crippen LogP contribution is 2.37. The predicted octanol–water partition coefficient (Wildman–Crippen LogP) is 3.79. The van der Waals surface area contributed by atoms with E-state index < -0.39 is 11.5 Å². The topological polar surface area (TPSA) is 60.3 Å². The van der Waals surface area contributed by atoms with Crippen LogP contribution in [0.3, 0.4) is 0 Å². The fraction of sp³-hybridized carbons (Fsp3) is 0.231. The van der Waals surface area contributed by atoms with Crippen molar-refractivity contribution in [1.29, 1.82) is 0 Å². The second-order valence-corrected chi connectivity index (χ2v) is 9.58. The van der Waals surface area contributed by atoms with Crippen LogP contribution in [0.4, 0.5) is 11.4 Å². The molecular formula is C26H28N4O2S. The maximum atomic E-state index is 13.9. The lowest BCUT2D eigenvalue weighted by Crippen LogP contribution is -3.10. The first-order valence-electron chi connectivity index (χ1n) is 11.4. The quantitative estimate of drug-likeness (QED) is 0.448. The van der Waals surface area contributed by atoms with Gasteiger partial charge in [0.2, 0.25) is 11.5 Å². The number of nitrogens with one attached hydrogen (secondary N) is 1. The number of hydrogen-bond donors (Lipinski definition) is 1. The highest BCUT2D eigenvalue weighted by molar-refractivity contribution is 7.94. The summed E-state index contributed by atoms with van der Waals surface area (Å²) in [5.74, 6) is 0.570. The summed E-state index contributed by atoms with van der Waals surface area (Å²) in [6.45, 7) is 3.18. The van der Waals surface area contributed by atoms with Crippen molar-refractivity contribution in [3.05, 3.63) is 113 Å². The van der Waals surface area contributed by atoms with E-state index in [1.165, 1.54) is 0 Å². The Morgan fingerprint density at radius 3 is 2.06 bits per heavy atom. The summed E-state index contributed by atoms with van der Waals surface area (Å²) >= 11 is -1.57. The smallest absolute Gasteiger partial charge is 0.274 e. The Morgan fingerprint density at radius 1 is 0.879 bits per heavy atom. The molecule has 0 spiro atoms. The molecule has 2 heterocycles. The summed E-state index contributed by atoms with van der Waals surface area (Å²) in [6, 6.07) is 29.6. The standard InChI is InChI=1S/C26H28N4O2S/c1-2-12-25-27(19-21-13-6-3-7-14-21)24-20-28(22-15-8-4-9-16-22)33(32)30(26(24)29(25)31)23-17-10-5-11-18-23/h3-11,13-18,25,29H,2,12,19-20H2,1H3. The Bertz CT molecular complexity index is 1100. The normalized spacial score (nSPS) is 22.6. The third kappa shape index (κ3) is 4.09. The molecule has 0 radical (unpaired) electrons. The van der Waals surface area contributed by atoms with E-state index >= 15 is 0 Å². The fourth-order valence-electron chi connectivity index (χ4n) is 4.62. The van der Waals surface area contributed by atoms with E-state index in [2.05, 4.69) is 24.0 Å². The van der Waals surface area contributed by atoms with Gasteiger partial charge in [-0.15, -0.1) is 0 Å². The average Bonchev–Trinajstić information content (AvgIpc) is 3.11. The number of quaternary nitrogens is 1. The van der Waals surface area contributed by atoms with Gasteiger partial charge in [-0.05, 0) is 36.2 Å². The summed E-state index contributed by atoms with van der Waals surface area (Å²) in [5, 5.41) is 13.9. The van der Waals surface area contributed by atoms with Gasteiger partial charge >= 0.3 is 0 Å². The van der Waals surface area contributed by atoms with Gasteiger partial charge in [-0.3, -0.25) is 0 Å². The van der Waals surface area contributed by atoms with Crippen LogP contribution in [0.1, 0.15) is 25.3 Å². The van der Waals surface area contributed by atoms with Gasteiger partial charge in [-0.1, -0.05) is 78.0 Å². The maximum Gasteiger partial charge on any atom is 0.274 e. The first-order valence-corrected chi connectivity index (χ1v) is 12.4. The zero-order valence-corrected chi connectivity index (χ0v) is 19.4. The fourth-order valence-corrected chi connectivity index (χ4v) is 6.01. The van der Waals surface area contributed by atoms with Crippen molar-refractivity contribution in [1.82, 2.24) is 4.90 Å². The zero-order chi connectivity index (χ0) is 22.8. The summed E-state index contributed by atoms with van der Waals surface area (Å²) in [4.78, 5) is 2.23. The molecule has 3 aromatic rings. The lowest BCUT2D eigenvalue weighted by atomic mass is 10.1. The van der Waals surface area contributed by atoms with E-state index in [-0.39, 0.29) is 11.2 Å². The highest BCUT2D eigenvalue weighted by atomic mass is 32.2. The molecule has 0 amide bonds. The van der Waals surface area contributed by atoms with Crippen LogP contribution in [-0.4, -0.2) is 22.2 Å². The van der Waals surface area contributed by atoms with Crippen molar-refractivity contribution in [3.8, 4) is 0 Å². The largest absolute Gasteiger partial charge is 0.626 e. The van der Waals surface area contributed by atoms with Crippen LogP contribution in [0.2, 0.25) is 0 Å². The van der Waals surface area contributed by atoms with Gasteiger partial charge < -0.3 is 19.7 Å². The van der Waals surface area contributed by atoms with Crippen molar-refractivity contribution in [3.63, 3.8) is 0 Å². The van der Waals surface area contributed by atoms with Crippen molar-refractivity contribution in [2.24, 2.45) is 0 Å². The van der Waals surface area contributed by atoms with Gasteiger partial charge in [0.1, 0.15) is 12.2 Å². The van der Waals surface area contributed by atoms with Gasteiger partial charge in [0, 0.05) is 13.0 Å². The minimum absolute atomic E-state index is 0.0627. The van der Waals surface area contributed by atoms with E-state index in [4.69, 9.17) is 0 Å². The minimum atomic E-state index is -1.57. The van der Waals surface area contributed by atoms with E-state index in [9.17, 15) is 9.76 Å². The van der Waals surface area contributed by atoms with Gasteiger partial charge in [0.25, 0.3) is 5.82 Å². The summed E-state index contributed by atoms with van der Waals surface area (Å²) < 4.78 is 17.5. The van der Waals surface area contributed by atoms with Crippen molar-refractivity contribution >= 4 is 22.9 Å². The van der Waals surface area contributed by atoms with Crippen LogP contribution < -0.4 is 13.7 Å². The number of hydrogen-bond acceptors (Lipinski definition) is 5. The molecule has 6 nitrogen and oxygen atoms in total. The maximum absolute atomic E-state index is 13.9. The molecule has 2 aliphatic rings. The van der Waals surface area contributed by atoms with E-state index in [1.54, 1.807) is 4.31 Å². The second kappa shape index (κ2) is 9.49. The van der Waals surface area contributed by atoms with Crippen LogP contribution in [0.5, 0.6) is 0 Å². The van der Waals surface area contributed by atoms with Crippen molar-refractivity contribution in [2.45, 2.75) is 32.5 Å². The molecule has 7 heteroatoms. The van der Waals surface area contributed by atoms with Gasteiger partial charge in [-0.2, -0.15) is 4.31 Å². The lowest BCUT2D eigenvalue weighted by molar-refractivity contribution is -0.839. The predicted molar refractivity (Wildman–Crippen MR) is 133 cm³/mol. The molecule has 0 saturated heterocycles. The number of hydroxylamine groups is 2. The number of nitrogens with zero attached hydrogens (tertiary/aromatic N) is 3. The molecule has 3 aromatic carbocycles. The van der Waals surface area contributed by atoms with E-state index in [0.717, 1.165) is 35.5 Å². The molecule has 170 valence electrons. The first-order chi connectivity index (χ1) is 16.2. The summed E-state index contributed by atoms with van der Waals surface area (Å²) in [6.07, 6.45) is 1.41. The second-order valence-electron chi connectivity index (χ2n) is 8.31. The third-order valence-electron chi connectivity index (χ3n) is 6.17. The number of anilines is 2. The monoisotopic (exact) mass is 460 g/mol. The van der Waals surface area contributed by atoms with Crippen LogP contribution in [0.15, 0.2) is 103 Å². The Kier molecular flexibility index (Phi) is 6.28. The lowest BCUT2D eigenvalue weighted by Gasteiger charge is -2.37. The number of benzene rings is 3. The molecule has 0 fully saturated rings. The Morgan fingerprint density at radius 2 is 1.45 bits per heavy atom. The summed E-state index contributed by atoms with van der Waals surface area (Å²) in [7, 11) is 0. The first kappa shape index (κ1) is 21.9. The Hall–Kier alpha value is -2.97. The number of para-hydroxylation sites is 2. The molecule has 1 N–H and O–H groups in total. The van der Waals surface area contributed by atoms with Crippen LogP contribution >= 0.6 is 0 Å². The van der Waals surface area contributed by atoms with Crippen molar-refractivity contribution < 1.29 is 9.62 Å². The molecule has 5 rings (SSSR count). The molecule has 0 aliphatic carbocycles. The van der Waals surface area contributed by atoms with E-state index in [0.29, 0.717) is 18.9 Å². The minimum Gasteiger partial charge on any atom is -0.626 e. The van der Waals surface area contributed by atoms with Gasteiger partial charge in [0.05, 0.1) is 11.4 Å². The van der Waals surface area contributed by atoms with E-state index in [1.807, 2.05) is 83.2 Å². The molecule has 33 heavy (non-hydrogen) atoms. The Balaban J connectivity index is 1.63. The average molecular weight is 461 g/mol. The van der Waals surface area contributed by atoms with Crippen LogP contribution in [0.25, 0.3) is 0 Å². The van der Waals surface area contributed by atoms with Crippen LogP contribution in [0, 0.1) is 5.21 Å². The number of rotatable bonds is 6. The SMILES string of the molecule is CCCC1N(Cc2ccccc2)C2=C(N(c3ccccc3)[S+]([O-])N(c3ccccc3)C2)[NH+]1[O-]. The molecule has 0 aromatic heterocycles. The summed E-state index contributed by atoms with van der Waals surface area (Å²) in [5.41, 5.74) is 3.72. The molecule has 3 unspecified atom stereocenters. The van der Waals surface area contributed by atoms with Gasteiger partial charge in [-0.25, -0.2) is 0 Å². The third-order valence-corrected chi connectivity index (χ3v) is 7.59. The van der Waals surface area contributed by atoms with Crippen molar-refractivity contribution in [2.75, 3.05) is 15.2 Å². The highest BCUT2D eigenvalue weighted by Gasteiger charge is 2.52. The molecule has 2 aliphatic heterocycles. The van der Waals surface area contributed by atoms with Crippen LogP contribution in [-0.2, 0) is 18.1 Å². The molecule has 3 atom stereocenters. The molecular weight excluding hydrogens is 432 g/mol. The zero-order valence-electron chi connectivity index (χ0n) is 18.6. The molecule has 0 bridgehead atoms. The Labute approximate surface area is 198 Å².